The van der Waals surface area contributed by atoms with Gasteiger partial charge < -0.3 is 14.8 Å². The molecule has 4 aromatic rings. The SMILES string of the molecule is Cc1ccc2nc(-c3ccc(NC(=O)c4ccc(O)c(F)c4)cc3)cn2c1. The van der Waals surface area contributed by atoms with Crippen molar-refractivity contribution >= 4 is 17.2 Å². The monoisotopic (exact) mass is 361 g/mol. The fourth-order valence-corrected chi connectivity index (χ4v) is 2.82. The fraction of sp³-hybridized carbons (Fsp3) is 0.0476. The van der Waals surface area contributed by atoms with Crippen molar-refractivity contribution in [2.45, 2.75) is 6.92 Å². The van der Waals surface area contributed by atoms with Crippen LogP contribution in [0.5, 0.6) is 5.75 Å². The Morgan fingerprint density at radius 1 is 1.07 bits per heavy atom. The zero-order valence-corrected chi connectivity index (χ0v) is 14.5. The van der Waals surface area contributed by atoms with Crippen LogP contribution in [0.4, 0.5) is 10.1 Å². The molecule has 0 fully saturated rings. The van der Waals surface area contributed by atoms with E-state index >= 15 is 0 Å². The molecule has 0 spiro atoms. The van der Waals surface area contributed by atoms with E-state index in [2.05, 4.69) is 10.3 Å². The van der Waals surface area contributed by atoms with Crippen LogP contribution in [0.3, 0.4) is 0 Å². The highest BCUT2D eigenvalue weighted by Gasteiger charge is 2.10. The number of amides is 1. The van der Waals surface area contributed by atoms with Gasteiger partial charge in [-0.3, -0.25) is 4.79 Å². The van der Waals surface area contributed by atoms with Gasteiger partial charge in [-0.05, 0) is 48.9 Å². The first-order valence-corrected chi connectivity index (χ1v) is 8.35. The van der Waals surface area contributed by atoms with Crippen molar-refractivity contribution in [3.05, 3.63) is 83.9 Å². The molecule has 2 aromatic carbocycles. The molecule has 5 nitrogen and oxygen atoms in total. The summed E-state index contributed by atoms with van der Waals surface area (Å²) in [4.78, 5) is 16.8. The Morgan fingerprint density at radius 2 is 1.85 bits per heavy atom. The van der Waals surface area contributed by atoms with Crippen LogP contribution in [0, 0.1) is 12.7 Å². The van der Waals surface area contributed by atoms with Crippen molar-refractivity contribution in [1.82, 2.24) is 9.38 Å². The van der Waals surface area contributed by atoms with Crippen LogP contribution in [-0.2, 0) is 0 Å². The Hall–Kier alpha value is -3.67. The number of imidazole rings is 1. The summed E-state index contributed by atoms with van der Waals surface area (Å²) in [5.74, 6) is -1.77. The molecule has 0 saturated heterocycles. The molecule has 27 heavy (non-hydrogen) atoms. The number of carbonyl (C=O) groups excluding carboxylic acids is 1. The first kappa shape index (κ1) is 16.8. The second kappa shape index (κ2) is 6.57. The molecule has 0 radical (unpaired) electrons. The number of nitrogens with zero attached hydrogens (tertiary/aromatic N) is 2. The van der Waals surface area contributed by atoms with E-state index in [1.807, 2.05) is 48.0 Å². The average molecular weight is 361 g/mol. The second-order valence-corrected chi connectivity index (χ2v) is 6.30. The van der Waals surface area contributed by atoms with Gasteiger partial charge in [-0.1, -0.05) is 18.2 Å². The van der Waals surface area contributed by atoms with Crippen molar-refractivity contribution in [1.29, 1.82) is 0 Å². The third kappa shape index (κ3) is 3.37. The van der Waals surface area contributed by atoms with E-state index in [4.69, 9.17) is 0 Å². The minimum Gasteiger partial charge on any atom is -0.505 e. The number of fused-ring (bicyclic) bond motifs is 1. The van der Waals surface area contributed by atoms with Crippen LogP contribution >= 0.6 is 0 Å². The van der Waals surface area contributed by atoms with Crippen molar-refractivity contribution < 1.29 is 14.3 Å². The number of aromatic nitrogens is 2. The number of rotatable bonds is 3. The number of phenols is 1. The van der Waals surface area contributed by atoms with Gasteiger partial charge in [0.05, 0.1) is 5.69 Å². The minimum atomic E-state index is -0.833. The Kier molecular flexibility index (Phi) is 4.08. The zero-order chi connectivity index (χ0) is 19.0. The number of pyridine rings is 1. The minimum absolute atomic E-state index is 0.130. The second-order valence-electron chi connectivity index (χ2n) is 6.30. The van der Waals surface area contributed by atoms with E-state index in [-0.39, 0.29) is 5.56 Å². The maximum absolute atomic E-state index is 13.4. The lowest BCUT2D eigenvalue weighted by molar-refractivity contribution is 0.102. The quantitative estimate of drug-likeness (QED) is 0.568. The Bertz CT molecular complexity index is 1150. The van der Waals surface area contributed by atoms with Gasteiger partial charge in [-0.2, -0.15) is 0 Å². The zero-order valence-electron chi connectivity index (χ0n) is 14.5. The number of phenolic OH excluding ortho intramolecular Hbond substituents is 1. The standard InChI is InChI=1S/C21H16FN3O2/c1-13-2-9-20-24-18(12-25(20)11-13)14-3-6-16(7-4-14)23-21(27)15-5-8-19(26)17(22)10-15/h2-12,26H,1H3,(H,23,27). The van der Waals surface area contributed by atoms with Gasteiger partial charge in [0, 0.05) is 29.2 Å². The summed E-state index contributed by atoms with van der Waals surface area (Å²) in [7, 11) is 0. The van der Waals surface area contributed by atoms with Crippen LogP contribution in [0.2, 0.25) is 0 Å². The Balaban J connectivity index is 1.54. The maximum Gasteiger partial charge on any atom is 0.255 e. The van der Waals surface area contributed by atoms with E-state index in [1.54, 1.807) is 12.1 Å². The predicted octanol–water partition coefficient (Wildman–Crippen LogP) is 4.41. The van der Waals surface area contributed by atoms with Gasteiger partial charge in [-0.15, -0.1) is 0 Å². The molecule has 2 aromatic heterocycles. The number of anilines is 1. The van der Waals surface area contributed by atoms with E-state index in [9.17, 15) is 14.3 Å². The van der Waals surface area contributed by atoms with Crippen molar-refractivity contribution in [3.63, 3.8) is 0 Å². The molecule has 0 bridgehead atoms. The highest BCUT2D eigenvalue weighted by atomic mass is 19.1. The summed E-state index contributed by atoms with van der Waals surface area (Å²) in [5.41, 5.74) is 4.48. The lowest BCUT2D eigenvalue weighted by Crippen LogP contribution is -2.11. The number of carbonyl (C=O) groups is 1. The molecule has 0 atom stereocenters. The molecule has 4 rings (SSSR count). The summed E-state index contributed by atoms with van der Waals surface area (Å²) in [6.45, 7) is 2.02. The van der Waals surface area contributed by atoms with Crippen molar-refractivity contribution in [3.8, 4) is 17.0 Å². The number of halogens is 1. The molecule has 0 saturated carbocycles. The predicted molar refractivity (Wildman–Crippen MR) is 101 cm³/mol. The number of nitrogens with one attached hydrogen (secondary N) is 1. The third-order valence-corrected chi connectivity index (χ3v) is 4.25. The third-order valence-electron chi connectivity index (χ3n) is 4.25. The molecule has 0 aliphatic heterocycles. The summed E-state index contributed by atoms with van der Waals surface area (Å²) >= 11 is 0. The first-order valence-electron chi connectivity index (χ1n) is 8.35. The molecule has 0 aliphatic carbocycles. The largest absolute Gasteiger partial charge is 0.505 e. The van der Waals surface area contributed by atoms with Crippen LogP contribution in [-0.4, -0.2) is 20.4 Å². The summed E-state index contributed by atoms with van der Waals surface area (Å²) < 4.78 is 15.4. The van der Waals surface area contributed by atoms with E-state index in [0.717, 1.165) is 34.6 Å². The number of benzene rings is 2. The van der Waals surface area contributed by atoms with E-state index in [0.29, 0.717) is 5.69 Å². The highest BCUT2D eigenvalue weighted by Crippen LogP contribution is 2.22. The summed E-state index contributed by atoms with van der Waals surface area (Å²) in [5, 5.41) is 11.9. The topological polar surface area (TPSA) is 66.6 Å². The van der Waals surface area contributed by atoms with Crippen LogP contribution in [0.1, 0.15) is 15.9 Å². The number of aryl methyl sites for hydroxylation is 1. The van der Waals surface area contributed by atoms with Crippen LogP contribution in [0.15, 0.2) is 67.0 Å². The van der Waals surface area contributed by atoms with Crippen molar-refractivity contribution in [2.75, 3.05) is 5.32 Å². The summed E-state index contributed by atoms with van der Waals surface area (Å²) in [6.07, 6.45) is 3.96. The lowest BCUT2D eigenvalue weighted by Gasteiger charge is -2.06. The van der Waals surface area contributed by atoms with Gasteiger partial charge in [0.15, 0.2) is 11.6 Å². The molecule has 1 amide bonds. The molecular weight excluding hydrogens is 345 g/mol. The molecule has 0 aliphatic rings. The fourth-order valence-electron chi connectivity index (χ4n) is 2.82. The molecular formula is C21H16FN3O2. The normalized spacial score (nSPS) is 10.9. The van der Waals surface area contributed by atoms with Gasteiger partial charge in [0.25, 0.3) is 5.91 Å². The van der Waals surface area contributed by atoms with E-state index in [1.165, 1.54) is 6.07 Å². The number of aromatic hydroxyl groups is 1. The number of hydrogen-bond donors (Lipinski definition) is 2. The molecule has 2 heterocycles. The molecule has 0 unspecified atom stereocenters. The van der Waals surface area contributed by atoms with Gasteiger partial charge >= 0.3 is 0 Å². The Labute approximate surface area is 154 Å². The Morgan fingerprint density at radius 3 is 2.59 bits per heavy atom. The smallest absolute Gasteiger partial charge is 0.255 e. The number of hydrogen-bond acceptors (Lipinski definition) is 3. The van der Waals surface area contributed by atoms with Gasteiger partial charge in [0.2, 0.25) is 0 Å². The molecule has 134 valence electrons. The molecule has 6 heteroatoms. The van der Waals surface area contributed by atoms with Crippen LogP contribution < -0.4 is 5.32 Å². The van der Waals surface area contributed by atoms with Gasteiger partial charge in [-0.25, -0.2) is 9.37 Å². The maximum atomic E-state index is 13.4. The summed E-state index contributed by atoms with van der Waals surface area (Å²) in [6, 6.07) is 14.7. The lowest BCUT2D eigenvalue weighted by atomic mass is 10.1. The van der Waals surface area contributed by atoms with Gasteiger partial charge in [0.1, 0.15) is 5.65 Å². The van der Waals surface area contributed by atoms with E-state index < -0.39 is 17.5 Å². The average Bonchev–Trinajstić information content (AvgIpc) is 3.07. The molecule has 2 N–H and O–H groups in total. The highest BCUT2D eigenvalue weighted by molar-refractivity contribution is 6.04. The van der Waals surface area contributed by atoms with Crippen molar-refractivity contribution in [2.24, 2.45) is 0 Å². The van der Waals surface area contributed by atoms with Crippen LogP contribution in [0.25, 0.3) is 16.9 Å². The first-order chi connectivity index (χ1) is 13.0.